The highest BCUT2D eigenvalue weighted by Gasteiger charge is 2.25. The number of allylic oxidation sites excluding steroid dienone is 28. The van der Waals surface area contributed by atoms with Crippen LogP contribution in [0.15, 0.2) is 170 Å². The summed E-state index contributed by atoms with van der Waals surface area (Å²) in [5.41, 5.74) is 0. The molecule has 0 spiro atoms. The van der Waals surface area contributed by atoms with Gasteiger partial charge in [-0.2, -0.15) is 0 Å². The van der Waals surface area contributed by atoms with E-state index in [0.29, 0.717) is 17.4 Å². The van der Waals surface area contributed by atoms with Crippen LogP contribution < -0.4 is 0 Å². The summed E-state index contributed by atoms with van der Waals surface area (Å²) in [5.74, 6) is -2.07. The van der Waals surface area contributed by atoms with E-state index in [1.54, 1.807) is 0 Å². The first-order chi connectivity index (χ1) is 46.6. The van der Waals surface area contributed by atoms with Crippen molar-refractivity contribution in [1.29, 1.82) is 0 Å². The van der Waals surface area contributed by atoms with E-state index in [2.05, 4.69) is 184 Å². The monoisotopic (exact) mass is 1320 g/mol. The highest BCUT2D eigenvalue weighted by Crippen LogP contribution is 2.17. The van der Waals surface area contributed by atoms with E-state index in [1.165, 1.54) is 148 Å². The van der Waals surface area contributed by atoms with Crippen LogP contribution in [-0.2, 0) is 33.3 Å². The Bertz CT molecular complexity index is 2170. The van der Waals surface area contributed by atoms with E-state index in [0.717, 1.165) is 116 Å². The predicted molar refractivity (Wildman–Crippen MR) is 410 cm³/mol. The second-order valence-electron chi connectivity index (χ2n) is 26.2. The third-order valence-electron chi connectivity index (χ3n) is 16.0. The maximum atomic E-state index is 13.0. The van der Waals surface area contributed by atoms with Gasteiger partial charge in [-0.3, -0.25) is 9.59 Å². The molecule has 0 aromatic rings. The Labute approximate surface area is 584 Å². The van der Waals surface area contributed by atoms with Crippen molar-refractivity contribution in [2.24, 2.45) is 0 Å². The van der Waals surface area contributed by atoms with Crippen LogP contribution in [0.25, 0.3) is 0 Å². The van der Waals surface area contributed by atoms with Gasteiger partial charge in [0.2, 0.25) is 0 Å². The Morgan fingerprint density at radius 2 is 0.600 bits per heavy atom. The van der Waals surface area contributed by atoms with Crippen molar-refractivity contribution in [2.75, 3.05) is 47.5 Å². The van der Waals surface area contributed by atoms with Crippen LogP contribution in [0.4, 0.5) is 0 Å². The molecule has 95 heavy (non-hydrogen) atoms. The summed E-state index contributed by atoms with van der Waals surface area (Å²) >= 11 is 0. The number of hydrogen-bond donors (Lipinski definition) is 1. The second-order valence-corrected chi connectivity index (χ2v) is 26.2. The molecule has 2 unspecified atom stereocenters. The summed E-state index contributed by atoms with van der Waals surface area (Å²) in [6.45, 7) is 4.71. The quantitative estimate of drug-likeness (QED) is 0.0211. The largest absolute Gasteiger partial charge is 0.477 e. The van der Waals surface area contributed by atoms with Crippen LogP contribution >= 0.6 is 0 Å². The third kappa shape index (κ3) is 75.9. The Balaban J connectivity index is 4.21. The van der Waals surface area contributed by atoms with Gasteiger partial charge in [0.05, 0.1) is 34.4 Å². The van der Waals surface area contributed by atoms with Crippen molar-refractivity contribution >= 4 is 17.9 Å². The summed E-state index contributed by atoms with van der Waals surface area (Å²) in [5, 5.41) is 9.76. The number of nitrogens with zero attached hydrogens (tertiary/aromatic N) is 1. The number of hydrogen-bond acceptors (Lipinski definition) is 7. The fraction of sp³-hybridized carbons (Fsp3) is 0.640. The minimum absolute atomic E-state index is 0.171. The average molecular weight is 1320 g/mol. The van der Waals surface area contributed by atoms with Gasteiger partial charge in [-0.1, -0.05) is 319 Å². The molecule has 2 atom stereocenters. The molecule has 0 aliphatic rings. The van der Waals surface area contributed by atoms with E-state index in [-0.39, 0.29) is 38.6 Å². The van der Waals surface area contributed by atoms with E-state index in [1.807, 2.05) is 21.1 Å². The van der Waals surface area contributed by atoms with Gasteiger partial charge in [0.1, 0.15) is 13.2 Å². The van der Waals surface area contributed by atoms with Crippen LogP contribution in [0.2, 0.25) is 0 Å². The van der Waals surface area contributed by atoms with Gasteiger partial charge in [-0.15, -0.1) is 0 Å². The number of rotatable bonds is 69. The number of carboxylic acid groups (broad SMARTS) is 1. The van der Waals surface area contributed by atoms with Crippen LogP contribution in [0.5, 0.6) is 0 Å². The second kappa shape index (κ2) is 74.4. The Hall–Kier alpha value is -5.35. The predicted octanol–water partition coefficient (Wildman–Crippen LogP) is 24.6. The summed E-state index contributed by atoms with van der Waals surface area (Å²) < 4.78 is 22.9. The van der Waals surface area contributed by atoms with Crippen molar-refractivity contribution in [3.63, 3.8) is 0 Å². The van der Waals surface area contributed by atoms with Gasteiger partial charge in [0.25, 0.3) is 6.29 Å². The van der Waals surface area contributed by atoms with Crippen molar-refractivity contribution < 1.29 is 42.9 Å². The lowest BCUT2D eigenvalue weighted by molar-refractivity contribution is -0.870. The Morgan fingerprint density at radius 1 is 0.326 bits per heavy atom. The molecule has 0 aliphatic carbocycles. The van der Waals surface area contributed by atoms with Gasteiger partial charge in [0.15, 0.2) is 6.10 Å². The van der Waals surface area contributed by atoms with Crippen molar-refractivity contribution in [3.05, 3.63) is 170 Å². The fourth-order valence-electron chi connectivity index (χ4n) is 10.1. The minimum atomic E-state index is -1.53. The number of carbonyl (C=O) groups excluding carboxylic acids is 2. The summed E-state index contributed by atoms with van der Waals surface area (Å²) in [6.07, 6.45) is 109. The van der Waals surface area contributed by atoms with E-state index in [4.69, 9.17) is 18.9 Å². The molecule has 0 aromatic carbocycles. The maximum Gasteiger partial charge on any atom is 0.361 e. The Kier molecular flexibility index (Phi) is 70.2. The molecule has 0 amide bonds. The van der Waals surface area contributed by atoms with E-state index >= 15 is 0 Å². The molecule has 0 bridgehead atoms. The third-order valence-corrected chi connectivity index (χ3v) is 16.0. The average Bonchev–Trinajstić information content (AvgIpc) is 2.92. The van der Waals surface area contributed by atoms with Crippen LogP contribution in [-0.4, -0.2) is 87.4 Å². The lowest BCUT2D eigenvalue weighted by atomic mass is 10.0. The van der Waals surface area contributed by atoms with Gasteiger partial charge >= 0.3 is 17.9 Å². The summed E-state index contributed by atoms with van der Waals surface area (Å²) in [6, 6.07) is 0. The zero-order valence-corrected chi connectivity index (χ0v) is 61.5. The lowest BCUT2D eigenvalue weighted by Gasteiger charge is -2.25. The molecule has 0 aliphatic heterocycles. The molecule has 538 valence electrons. The van der Waals surface area contributed by atoms with Crippen molar-refractivity contribution in [2.45, 2.75) is 309 Å². The summed E-state index contributed by atoms with van der Waals surface area (Å²) in [7, 11) is 5.96. The number of likely N-dealkylation sites (N-methyl/N-ethyl adjacent to an activating group) is 1. The Morgan fingerprint density at radius 3 is 0.916 bits per heavy atom. The van der Waals surface area contributed by atoms with Crippen molar-refractivity contribution in [3.8, 4) is 0 Å². The first kappa shape index (κ1) is 89.6. The normalized spacial score (nSPS) is 13.7. The zero-order chi connectivity index (χ0) is 69.0. The first-order valence-electron chi connectivity index (χ1n) is 38.3. The number of unbranched alkanes of at least 4 members (excludes halogenated alkanes) is 26. The minimum Gasteiger partial charge on any atom is -0.477 e. The molecule has 0 aromatic heterocycles. The number of esters is 2. The van der Waals surface area contributed by atoms with Gasteiger partial charge in [-0.25, -0.2) is 4.79 Å². The number of ether oxygens (including phenoxy) is 4. The molecule has 0 fully saturated rings. The molecule has 9 nitrogen and oxygen atoms in total. The highest BCUT2D eigenvalue weighted by atomic mass is 16.7. The van der Waals surface area contributed by atoms with E-state index in [9.17, 15) is 19.5 Å². The van der Waals surface area contributed by atoms with Crippen LogP contribution in [0, 0.1) is 0 Å². The molecular weight excluding hydrogens is 1170 g/mol. The van der Waals surface area contributed by atoms with Gasteiger partial charge in [0, 0.05) is 12.8 Å². The smallest absolute Gasteiger partial charge is 0.361 e. The number of carbonyl (C=O) groups is 3. The number of carboxylic acids is 1. The molecule has 0 radical (unpaired) electrons. The number of quaternary nitrogens is 1. The zero-order valence-electron chi connectivity index (χ0n) is 61.5. The van der Waals surface area contributed by atoms with Gasteiger partial charge in [-0.05, 0) is 135 Å². The van der Waals surface area contributed by atoms with Crippen LogP contribution in [0.1, 0.15) is 296 Å². The van der Waals surface area contributed by atoms with E-state index < -0.39 is 24.3 Å². The molecule has 1 N–H and O–H groups in total. The van der Waals surface area contributed by atoms with Crippen molar-refractivity contribution in [1.82, 2.24) is 0 Å². The first-order valence-corrected chi connectivity index (χ1v) is 38.3. The highest BCUT2D eigenvalue weighted by molar-refractivity contribution is 5.71. The number of aliphatic carboxylic acids is 1. The maximum absolute atomic E-state index is 13.0. The molecule has 0 heterocycles. The topological polar surface area (TPSA) is 108 Å². The molecular formula is C86H142NO8+. The molecule has 9 heteroatoms. The van der Waals surface area contributed by atoms with Gasteiger partial charge < -0.3 is 28.5 Å². The molecule has 0 saturated carbocycles. The fourth-order valence-corrected chi connectivity index (χ4v) is 10.1. The lowest BCUT2D eigenvalue weighted by Crippen LogP contribution is -2.40. The SMILES string of the molecule is CC/C=C\C/C=C\C/C=C\C/C=C\C/C=C\C/C=C\C/C=C\C/C=C\C/C=C\C/C=C\C/C=C\C/C=C\CCCCC(=O)OC(COC(=O)CCCCCCCCCCCCCCCCCCCCC/C=C\C/C=C\CCCCCCC)COC(OCC[N+](C)(C)C)C(=O)O. The standard InChI is InChI=1S/C86H141NO8/c1-6-8-10-12-14-16-18-20-22-24-26-28-30-32-34-36-38-39-40-41-42-43-44-45-47-49-51-53-55-57-59-61-63-65-67-69-71-73-75-77-84(89)95-82(81-94-86(85(90)91)92-79-78-87(3,4)5)80-93-83(88)76-74-72-70-68-66-64-62-60-58-56-54-52-50-48-46-37-35-33-31-29-27-25-23-21-19-17-15-13-11-9-7-2/h8,10,14,16,19-22,25-28,32,34,38-39,41-42,44-45,49,51,55,57,61,63,67,69,82,86H,6-7,9,11-13,15,17-18,23-24,29-31,33,35-37,40,43,46-48,50,52-54,56,58-60,62,64-66,68,70-81H2,1-5H3/p+1/b10-8-,16-14-,21-19-,22-20-,27-25-,28-26-,34-32-,39-38-,42-41-,45-44-,51-49-,57-55-,63-61-,69-67-. The van der Waals surface area contributed by atoms with Crippen LogP contribution in [0.3, 0.4) is 0 Å². The summed E-state index contributed by atoms with van der Waals surface area (Å²) in [4.78, 5) is 37.7. The molecule has 0 saturated heterocycles. The molecule has 0 rings (SSSR count).